The van der Waals surface area contributed by atoms with E-state index in [1.807, 2.05) is 13.2 Å². The molecular weight excluding hydrogens is 202 g/mol. The van der Waals surface area contributed by atoms with E-state index < -0.39 is 11.4 Å². The highest BCUT2D eigenvalue weighted by Crippen LogP contribution is 2.10. The lowest BCUT2D eigenvalue weighted by molar-refractivity contribution is 0.404. The number of hydrogen-bond acceptors (Lipinski definition) is 5. The van der Waals surface area contributed by atoms with Crippen LogP contribution in [0, 0.1) is 0 Å². The number of thioether (sulfide) groups is 1. The molecule has 1 heterocycles. The molecule has 0 aromatic carbocycles. The van der Waals surface area contributed by atoms with Gasteiger partial charge >= 0.3 is 5.56 Å². The van der Waals surface area contributed by atoms with Crippen LogP contribution in [0.15, 0.2) is 9.95 Å². The molecule has 1 aromatic heterocycles. The summed E-state index contributed by atoms with van der Waals surface area (Å²) in [5, 5.41) is 16.8. The van der Waals surface area contributed by atoms with Crippen molar-refractivity contribution in [3.8, 4) is 5.88 Å². The van der Waals surface area contributed by atoms with Crippen molar-refractivity contribution >= 4 is 11.8 Å². The predicted molar refractivity (Wildman–Crippen MR) is 54.6 cm³/mol. The van der Waals surface area contributed by atoms with E-state index in [0.717, 1.165) is 12.8 Å². The van der Waals surface area contributed by atoms with Crippen molar-refractivity contribution in [2.75, 3.05) is 6.26 Å². The molecule has 0 aliphatic rings. The van der Waals surface area contributed by atoms with Crippen LogP contribution in [0.25, 0.3) is 0 Å². The topological polar surface area (TPSA) is 68.0 Å². The fourth-order valence-corrected chi connectivity index (χ4v) is 1.58. The Labute approximate surface area is 86.2 Å². The lowest BCUT2D eigenvalue weighted by atomic mass is 10.3. The maximum atomic E-state index is 11.5. The zero-order valence-electron chi connectivity index (χ0n) is 8.23. The predicted octanol–water partition coefficient (Wildman–Crippen LogP) is 0.866. The van der Waals surface area contributed by atoms with Gasteiger partial charge in [-0.3, -0.25) is 9.36 Å². The molecule has 1 aromatic rings. The summed E-state index contributed by atoms with van der Waals surface area (Å²) in [4.78, 5) is 11.5. The van der Waals surface area contributed by atoms with Gasteiger partial charge in [0, 0.05) is 6.54 Å². The molecule has 0 unspecified atom stereocenters. The van der Waals surface area contributed by atoms with Crippen molar-refractivity contribution in [3.05, 3.63) is 10.4 Å². The lowest BCUT2D eigenvalue weighted by Gasteiger charge is -2.07. The van der Waals surface area contributed by atoms with Crippen molar-refractivity contribution in [1.29, 1.82) is 0 Å². The maximum absolute atomic E-state index is 11.5. The molecule has 6 heteroatoms. The van der Waals surface area contributed by atoms with Crippen LogP contribution in [-0.4, -0.2) is 26.1 Å². The second-order valence-corrected chi connectivity index (χ2v) is 3.59. The third-order valence-electron chi connectivity index (χ3n) is 1.82. The van der Waals surface area contributed by atoms with Crippen LogP contribution in [0.2, 0.25) is 0 Å². The fourth-order valence-electron chi connectivity index (χ4n) is 1.06. The molecule has 5 nitrogen and oxygen atoms in total. The number of nitrogens with zero attached hydrogens (tertiary/aromatic N) is 3. The minimum Gasteiger partial charge on any atom is -0.488 e. The van der Waals surface area contributed by atoms with Crippen molar-refractivity contribution in [2.24, 2.45) is 0 Å². The second kappa shape index (κ2) is 4.99. The summed E-state index contributed by atoms with van der Waals surface area (Å²) in [7, 11) is 0. The van der Waals surface area contributed by atoms with E-state index in [1.165, 1.54) is 16.3 Å². The number of hydrogen-bond donors (Lipinski definition) is 1. The largest absolute Gasteiger partial charge is 0.488 e. The van der Waals surface area contributed by atoms with Crippen LogP contribution in [0.5, 0.6) is 5.88 Å². The normalized spacial score (nSPS) is 10.4. The number of unbranched alkanes of at least 4 members (excludes halogenated alkanes) is 1. The highest BCUT2D eigenvalue weighted by Gasteiger charge is 2.09. The van der Waals surface area contributed by atoms with Gasteiger partial charge in [0.15, 0.2) is 5.16 Å². The Morgan fingerprint density at radius 3 is 2.79 bits per heavy atom. The lowest BCUT2D eigenvalue weighted by Crippen LogP contribution is -2.23. The molecular formula is C8H13N3O2S. The molecule has 0 fully saturated rings. The summed E-state index contributed by atoms with van der Waals surface area (Å²) in [6, 6.07) is 0. The average Bonchev–Trinajstić information content (AvgIpc) is 2.20. The van der Waals surface area contributed by atoms with Crippen molar-refractivity contribution in [2.45, 2.75) is 31.5 Å². The molecule has 1 rings (SSSR count). The van der Waals surface area contributed by atoms with Crippen molar-refractivity contribution in [3.63, 3.8) is 0 Å². The molecule has 0 aliphatic carbocycles. The van der Waals surface area contributed by atoms with Crippen molar-refractivity contribution in [1.82, 2.24) is 14.8 Å². The molecule has 78 valence electrons. The Balaban J connectivity index is 3.08. The first-order valence-corrected chi connectivity index (χ1v) is 5.63. The summed E-state index contributed by atoms with van der Waals surface area (Å²) in [5.74, 6) is -0.529. The van der Waals surface area contributed by atoms with Gasteiger partial charge < -0.3 is 5.11 Å². The number of rotatable bonds is 4. The van der Waals surface area contributed by atoms with Crippen LogP contribution in [-0.2, 0) is 6.54 Å². The molecule has 0 saturated heterocycles. The monoisotopic (exact) mass is 215 g/mol. The Kier molecular flexibility index (Phi) is 3.94. The van der Waals surface area contributed by atoms with Gasteiger partial charge in [0.2, 0.25) is 0 Å². The standard InChI is InChI=1S/C8H13N3O2S/c1-3-4-5-11-7(13)6(12)9-10-8(11)14-2/h3-5H2,1-2H3,(H,9,12). The van der Waals surface area contributed by atoms with Crippen LogP contribution < -0.4 is 5.56 Å². The van der Waals surface area contributed by atoms with Gasteiger partial charge in [-0.25, -0.2) is 0 Å². The molecule has 0 radical (unpaired) electrons. The summed E-state index contributed by atoms with van der Waals surface area (Å²) in [6.07, 6.45) is 3.70. The smallest absolute Gasteiger partial charge is 0.316 e. The summed E-state index contributed by atoms with van der Waals surface area (Å²) < 4.78 is 1.45. The van der Waals surface area contributed by atoms with E-state index in [9.17, 15) is 4.79 Å². The Hall–Kier alpha value is -1.04. The van der Waals surface area contributed by atoms with E-state index in [0.29, 0.717) is 11.7 Å². The maximum Gasteiger partial charge on any atom is 0.316 e. The summed E-state index contributed by atoms with van der Waals surface area (Å²) in [5.41, 5.74) is -0.460. The van der Waals surface area contributed by atoms with Crippen molar-refractivity contribution < 1.29 is 5.11 Å². The first-order valence-electron chi connectivity index (χ1n) is 4.41. The van der Waals surface area contributed by atoms with E-state index in [2.05, 4.69) is 10.2 Å². The number of aromatic hydroxyl groups is 1. The molecule has 14 heavy (non-hydrogen) atoms. The first-order chi connectivity index (χ1) is 6.70. The third-order valence-corrected chi connectivity index (χ3v) is 2.48. The minimum absolute atomic E-state index is 0.460. The first kappa shape index (κ1) is 11.0. The van der Waals surface area contributed by atoms with Gasteiger partial charge in [-0.1, -0.05) is 25.1 Å². The molecule has 0 aliphatic heterocycles. The van der Waals surface area contributed by atoms with Gasteiger partial charge in [-0.2, -0.15) is 0 Å². The number of aromatic nitrogens is 3. The molecule has 0 amide bonds. The van der Waals surface area contributed by atoms with Gasteiger partial charge in [-0.05, 0) is 12.7 Å². The molecule has 0 saturated carbocycles. The van der Waals surface area contributed by atoms with Gasteiger partial charge in [0.1, 0.15) is 0 Å². The van der Waals surface area contributed by atoms with E-state index in [1.54, 1.807) is 0 Å². The van der Waals surface area contributed by atoms with Crippen LogP contribution in [0.4, 0.5) is 0 Å². The molecule has 0 spiro atoms. The van der Waals surface area contributed by atoms with E-state index >= 15 is 0 Å². The molecule has 0 atom stereocenters. The van der Waals surface area contributed by atoms with Gasteiger partial charge in [-0.15, -0.1) is 10.2 Å². The highest BCUT2D eigenvalue weighted by molar-refractivity contribution is 7.98. The average molecular weight is 215 g/mol. The van der Waals surface area contributed by atoms with Gasteiger partial charge in [0.05, 0.1) is 0 Å². The van der Waals surface area contributed by atoms with E-state index in [4.69, 9.17) is 5.11 Å². The highest BCUT2D eigenvalue weighted by atomic mass is 32.2. The quantitative estimate of drug-likeness (QED) is 0.755. The zero-order valence-corrected chi connectivity index (χ0v) is 9.04. The Morgan fingerprint density at radius 1 is 1.50 bits per heavy atom. The minimum atomic E-state index is -0.529. The van der Waals surface area contributed by atoms with Crippen LogP contribution in [0.3, 0.4) is 0 Å². The fraction of sp³-hybridized carbons (Fsp3) is 0.625. The van der Waals surface area contributed by atoms with Crippen LogP contribution >= 0.6 is 11.8 Å². The summed E-state index contributed by atoms with van der Waals surface area (Å²) in [6.45, 7) is 2.62. The van der Waals surface area contributed by atoms with E-state index in [-0.39, 0.29) is 0 Å². The second-order valence-electron chi connectivity index (χ2n) is 2.82. The van der Waals surface area contributed by atoms with Gasteiger partial charge in [0.25, 0.3) is 5.88 Å². The molecule has 0 bridgehead atoms. The zero-order chi connectivity index (χ0) is 10.6. The Morgan fingerprint density at radius 2 is 2.21 bits per heavy atom. The SMILES string of the molecule is CCCCn1c(SC)nnc(O)c1=O. The molecule has 1 N–H and O–H groups in total. The van der Waals surface area contributed by atoms with Crippen LogP contribution in [0.1, 0.15) is 19.8 Å². The summed E-state index contributed by atoms with van der Waals surface area (Å²) >= 11 is 1.35. The Bertz CT molecular complexity index is 364. The third kappa shape index (κ3) is 2.25.